The van der Waals surface area contributed by atoms with E-state index >= 15 is 0 Å². The zero-order chi connectivity index (χ0) is 18.3. The highest BCUT2D eigenvalue weighted by Crippen LogP contribution is 2.25. The van der Waals surface area contributed by atoms with Gasteiger partial charge in [0, 0.05) is 20.6 Å². The van der Waals surface area contributed by atoms with Gasteiger partial charge in [-0.1, -0.05) is 31.9 Å². The third-order valence-corrected chi connectivity index (χ3v) is 5.57. The maximum atomic E-state index is 12.7. The molecule has 1 rings (SSSR count). The van der Waals surface area contributed by atoms with E-state index in [4.69, 9.17) is 0 Å². The second-order valence-corrected chi connectivity index (χ2v) is 8.21. The number of anilines is 1. The fraction of sp³-hybridized carbons (Fsp3) is 0.588. The number of carbonyl (C=O) groups excluding carboxylic acids is 1. The van der Waals surface area contributed by atoms with Crippen LogP contribution in [-0.2, 0) is 15.0 Å². The van der Waals surface area contributed by atoms with Crippen LogP contribution in [0.3, 0.4) is 0 Å². The van der Waals surface area contributed by atoms with Crippen molar-refractivity contribution < 1.29 is 13.2 Å². The Hall–Kier alpha value is -1.60. The Bertz CT molecular complexity index is 657. The molecule has 0 radical (unpaired) electrons. The summed E-state index contributed by atoms with van der Waals surface area (Å²) in [5.74, 6) is -0.294. The molecular weight excluding hydrogens is 326 g/mol. The van der Waals surface area contributed by atoms with Crippen LogP contribution in [0.5, 0.6) is 0 Å². The maximum Gasteiger partial charge on any atom is 0.304 e. The monoisotopic (exact) mass is 355 g/mol. The zero-order valence-electron chi connectivity index (χ0n) is 15.3. The van der Waals surface area contributed by atoms with Crippen LogP contribution >= 0.6 is 0 Å². The van der Waals surface area contributed by atoms with E-state index in [1.807, 2.05) is 26.0 Å². The van der Waals surface area contributed by atoms with Crippen LogP contribution in [0.2, 0.25) is 0 Å². The fourth-order valence-corrected chi connectivity index (χ4v) is 3.39. The molecule has 6 nitrogen and oxygen atoms in total. The molecule has 1 amide bonds. The number of hydrogen-bond donors (Lipinski definition) is 1. The molecule has 0 bridgehead atoms. The number of carbonyl (C=O) groups is 1. The van der Waals surface area contributed by atoms with Gasteiger partial charge in [-0.25, -0.2) is 4.31 Å². The first-order valence-corrected chi connectivity index (χ1v) is 9.64. The average Bonchev–Trinajstić information content (AvgIpc) is 2.51. The highest BCUT2D eigenvalue weighted by Gasteiger charge is 2.28. The van der Waals surface area contributed by atoms with Gasteiger partial charge in [0.1, 0.15) is 6.54 Å². The molecule has 0 fully saturated rings. The second kappa shape index (κ2) is 9.03. The van der Waals surface area contributed by atoms with E-state index < -0.39 is 10.2 Å². The van der Waals surface area contributed by atoms with Gasteiger partial charge in [0.05, 0.1) is 5.69 Å². The van der Waals surface area contributed by atoms with E-state index in [2.05, 4.69) is 12.2 Å². The molecule has 136 valence electrons. The molecule has 0 aliphatic heterocycles. The first-order valence-electron chi connectivity index (χ1n) is 8.24. The van der Waals surface area contributed by atoms with Crippen molar-refractivity contribution in [1.82, 2.24) is 9.62 Å². The van der Waals surface area contributed by atoms with Crippen molar-refractivity contribution in [1.29, 1.82) is 0 Å². The van der Waals surface area contributed by atoms with Gasteiger partial charge in [-0.2, -0.15) is 12.7 Å². The van der Waals surface area contributed by atoms with Gasteiger partial charge in [0.15, 0.2) is 0 Å². The number of benzene rings is 1. The van der Waals surface area contributed by atoms with Gasteiger partial charge in [0.2, 0.25) is 5.91 Å². The van der Waals surface area contributed by atoms with Crippen molar-refractivity contribution in [2.24, 2.45) is 0 Å². The second-order valence-electron chi connectivity index (χ2n) is 6.14. The fourth-order valence-electron chi connectivity index (χ4n) is 2.27. The lowest BCUT2D eigenvalue weighted by Crippen LogP contribution is -2.46. The Labute approximate surface area is 146 Å². The third kappa shape index (κ3) is 5.49. The largest absolute Gasteiger partial charge is 0.355 e. The van der Waals surface area contributed by atoms with Crippen molar-refractivity contribution >= 4 is 21.8 Å². The van der Waals surface area contributed by atoms with E-state index in [1.54, 1.807) is 6.07 Å². The molecule has 1 aromatic carbocycles. The molecule has 0 saturated heterocycles. The Balaban J connectivity index is 3.04. The average molecular weight is 356 g/mol. The summed E-state index contributed by atoms with van der Waals surface area (Å²) < 4.78 is 27.7. The standard InChI is InChI=1S/C17H29N3O3S/c1-6-7-8-11-18-17(21)13-20(24(22,23)19(4)5)16-12-14(2)9-10-15(16)3/h9-10,12H,6-8,11,13H2,1-5H3,(H,18,21). The Kier molecular flexibility index (Phi) is 7.69. The molecule has 0 aromatic heterocycles. The van der Waals surface area contributed by atoms with Crippen LogP contribution in [0.25, 0.3) is 0 Å². The number of unbranched alkanes of at least 4 members (excludes halogenated alkanes) is 2. The quantitative estimate of drug-likeness (QED) is 0.691. The molecule has 1 N–H and O–H groups in total. The number of amides is 1. The summed E-state index contributed by atoms with van der Waals surface area (Å²) in [4.78, 5) is 12.2. The summed E-state index contributed by atoms with van der Waals surface area (Å²) in [7, 11) is -0.826. The minimum Gasteiger partial charge on any atom is -0.355 e. The van der Waals surface area contributed by atoms with Gasteiger partial charge < -0.3 is 5.32 Å². The highest BCUT2D eigenvalue weighted by atomic mass is 32.2. The zero-order valence-corrected chi connectivity index (χ0v) is 16.1. The number of aryl methyl sites for hydroxylation is 2. The molecule has 0 aliphatic carbocycles. The summed E-state index contributed by atoms with van der Waals surface area (Å²) in [6, 6.07) is 5.58. The molecule has 1 aromatic rings. The highest BCUT2D eigenvalue weighted by molar-refractivity contribution is 7.90. The van der Waals surface area contributed by atoms with Crippen LogP contribution in [0.4, 0.5) is 5.69 Å². The van der Waals surface area contributed by atoms with Gasteiger partial charge in [0.25, 0.3) is 0 Å². The minimum atomic E-state index is -3.76. The van der Waals surface area contributed by atoms with Gasteiger partial charge in [-0.3, -0.25) is 4.79 Å². The van der Waals surface area contributed by atoms with Gasteiger partial charge in [-0.05, 0) is 37.5 Å². The number of rotatable bonds is 9. The Morgan fingerprint density at radius 1 is 1.17 bits per heavy atom. The van der Waals surface area contributed by atoms with Crippen LogP contribution in [0, 0.1) is 13.8 Å². The van der Waals surface area contributed by atoms with Gasteiger partial charge in [-0.15, -0.1) is 0 Å². The van der Waals surface area contributed by atoms with Crippen LogP contribution in [-0.4, -0.2) is 45.8 Å². The molecule has 24 heavy (non-hydrogen) atoms. The summed E-state index contributed by atoms with van der Waals surface area (Å²) in [5, 5.41) is 2.80. The molecule has 0 spiro atoms. The smallest absolute Gasteiger partial charge is 0.304 e. The van der Waals surface area contributed by atoms with Crippen molar-refractivity contribution in [2.45, 2.75) is 40.0 Å². The Morgan fingerprint density at radius 2 is 1.83 bits per heavy atom. The van der Waals surface area contributed by atoms with Crippen LogP contribution in [0.15, 0.2) is 18.2 Å². The molecule has 0 saturated carbocycles. The van der Waals surface area contributed by atoms with Gasteiger partial charge >= 0.3 is 10.2 Å². The summed E-state index contributed by atoms with van der Waals surface area (Å²) in [5.41, 5.74) is 2.29. The molecule has 0 aliphatic rings. The molecule has 7 heteroatoms. The normalized spacial score (nSPS) is 11.6. The summed E-state index contributed by atoms with van der Waals surface area (Å²) in [6.07, 6.45) is 3.00. The molecule has 0 unspecified atom stereocenters. The van der Waals surface area contributed by atoms with E-state index in [0.29, 0.717) is 12.2 Å². The van der Waals surface area contributed by atoms with E-state index in [0.717, 1.165) is 34.7 Å². The van der Waals surface area contributed by atoms with E-state index in [9.17, 15) is 13.2 Å². The van der Waals surface area contributed by atoms with Crippen molar-refractivity contribution in [2.75, 3.05) is 31.5 Å². The first kappa shape index (κ1) is 20.4. The van der Waals surface area contributed by atoms with E-state index in [1.165, 1.54) is 18.4 Å². The van der Waals surface area contributed by atoms with Crippen molar-refractivity contribution in [3.05, 3.63) is 29.3 Å². The first-order chi connectivity index (χ1) is 11.2. The van der Waals surface area contributed by atoms with Crippen LogP contribution in [0.1, 0.15) is 37.3 Å². The van der Waals surface area contributed by atoms with E-state index in [-0.39, 0.29) is 12.5 Å². The SMILES string of the molecule is CCCCCNC(=O)CN(c1cc(C)ccc1C)S(=O)(=O)N(C)C. The summed E-state index contributed by atoms with van der Waals surface area (Å²) >= 11 is 0. The third-order valence-electron chi connectivity index (χ3n) is 3.76. The lowest BCUT2D eigenvalue weighted by Gasteiger charge is -2.28. The lowest BCUT2D eigenvalue weighted by molar-refractivity contribution is -0.119. The minimum absolute atomic E-state index is 0.225. The van der Waals surface area contributed by atoms with Crippen LogP contribution < -0.4 is 9.62 Å². The molecular formula is C17H29N3O3S. The summed E-state index contributed by atoms with van der Waals surface area (Å²) in [6.45, 7) is 6.17. The number of nitrogens with zero attached hydrogens (tertiary/aromatic N) is 2. The number of hydrogen-bond acceptors (Lipinski definition) is 3. The maximum absolute atomic E-state index is 12.7. The number of nitrogens with one attached hydrogen (secondary N) is 1. The molecule has 0 atom stereocenters. The lowest BCUT2D eigenvalue weighted by atomic mass is 10.1. The Morgan fingerprint density at radius 3 is 2.42 bits per heavy atom. The molecule has 0 heterocycles. The predicted molar refractivity (Wildman–Crippen MR) is 98.4 cm³/mol. The topological polar surface area (TPSA) is 69.7 Å². The predicted octanol–water partition coefficient (Wildman–Crippen LogP) is 2.22. The van der Waals surface area contributed by atoms with Crippen molar-refractivity contribution in [3.8, 4) is 0 Å². The van der Waals surface area contributed by atoms with Crippen molar-refractivity contribution in [3.63, 3.8) is 0 Å².